The molecule has 2 aromatic rings. The molecule has 0 fully saturated rings. The van der Waals surface area contributed by atoms with Crippen molar-refractivity contribution in [3.8, 4) is 0 Å². The van der Waals surface area contributed by atoms with Crippen LogP contribution in [0.15, 0.2) is 40.3 Å². The number of hydrogen-bond acceptors (Lipinski definition) is 4. The van der Waals surface area contributed by atoms with E-state index in [2.05, 4.69) is 26.2 Å². The van der Waals surface area contributed by atoms with Crippen LogP contribution in [0.5, 0.6) is 0 Å². The second-order valence-electron chi connectivity index (χ2n) is 4.70. The Morgan fingerprint density at radius 1 is 1.41 bits per heavy atom. The number of carboxylic acid groups (broad SMARTS) is 1. The van der Waals surface area contributed by atoms with Crippen molar-refractivity contribution >= 4 is 39.1 Å². The lowest BCUT2D eigenvalue weighted by molar-refractivity contribution is -0.137. The second-order valence-corrected chi connectivity index (χ2v) is 6.59. The van der Waals surface area contributed by atoms with Gasteiger partial charge in [-0.25, -0.2) is 4.98 Å². The summed E-state index contributed by atoms with van der Waals surface area (Å²) >= 11 is 4.85. The van der Waals surface area contributed by atoms with Crippen molar-refractivity contribution in [1.82, 2.24) is 10.3 Å². The van der Waals surface area contributed by atoms with Crippen LogP contribution in [-0.2, 0) is 16.0 Å². The zero-order chi connectivity index (χ0) is 15.9. The molecule has 1 heterocycles. The van der Waals surface area contributed by atoms with Gasteiger partial charge in [-0.1, -0.05) is 28.1 Å². The molecule has 0 aliphatic rings. The number of aliphatic carboxylic acids is 1. The Bertz CT molecular complexity index is 646. The average Bonchev–Trinajstić information content (AvgIpc) is 2.97. The molecule has 0 saturated heterocycles. The van der Waals surface area contributed by atoms with E-state index in [-0.39, 0.29) is 18.7 Å². The number of amides is 1. The summed E-state index contributed by atoms with van der Waals surface area (Å²) < 4.78 is 0.845. The first-order chi connectivity index (χ1) is 10.5. The third-order valence-corrected chi connectivity index (χ3v) is 4.35. The average molecular weight is 383 g/mol. The number of halogens is 1. The van der Waals surface area contributed by atoms with E-state index in [1.165, 1.54) is 11.3 Å². The lowest BCUT2D eigenvalue weighted by Gasteiger charge is -2.17. The minimum atomic E-state index is -0.954. The Labute approximate surface area is 140 Å². The maximum absolute atomic E-state index is 12.0. The SMILES string of the molecule is O=C(O)CC(NC(=O)CCc1nccs1)c1cccc(Br)c1. The number of nitrogens with zero attached hydrogens (tertiary/aromatic N) is 1. The molecular formula is C15H15BrN2O3S. The van der Waals surface area contributed by atoms with Gasteiger partial charge in [0.05, 0.1) is 17.5 Å². The summed E-state index contributed by atoms with van der Waals surface area (Å²) in [5, 5.41) is 14.6. The summed E-state index contributed by atoms with van der Waals surface area (Å²) in [6.07, 6.45) is 2.39. The van der Waals surface area contributed by atoms with Crippen molar-refractivity contribution in [2.24, 2.45) is 0 Å². The highest BCUT2D eigenvalue weighted by Gasteiger charge is 2.18. The number of hydrogen-bond donors (Lipinski definition) is 2. The Morgan fingerprint density at radius 3 is 2.86 bits per heavy atom. The molecule has 1 aromatic carbocycles. The van der Waals surface area contributed by atoms with Gasteiger partial charge in [0.1, 0.15) is 0 Å². The lowest BCUT2D eigenvalue weighted by atomic mass is 10.0. The Balaban J connectivity index is 1.99. The molecule has 0 radical (unpaired) electrons. The Morgan fingerprint density at radius 2 is 2.23 bits per heavy atom. The van der Waals surface area contributed by atoms with Gasteiger partial charge in [-0.2, -0.15) is 0 Å². The molecule has 22 heavy (non-hydrogen) atoms. The third-order valence-electron chi connectivity index (χ3n) is 3.01. The van der Waals surface area contributed by atoms with E-state index in [0.717, 1.165) is 15.0 Å². The summed E-state index contributed by atoms with van der Waals surface area (Å²) in [6, 6.07) is 6.74. The Hall–Kier alpha value is -1.73. The fourth-order valence-corrected chi connectivity index (χ4v) is 3.05. The minimum Gasteiger partial charge on any atom is -0.481 e. The first-order valence-electron chi connectivity index (χ1n) is 6.69. The second kappa shape index (κ2) is 8.05. The van der Waals surface area contributed by atoms with Crippen LogP contribution in [0.1, 0.15) is 29.5 Å². The van der Waals surface area contributed by atoms with Crippen LogP contribution >= 0.6 is 27.3 Å². The first kappa shape index (κ1) is 16.6. The molecule has 116 valence electrons. The topological polar surface area (TPSA) is 79.3 Å². The zero-order valence-electron chi connectivity index (χ0n) is 11.7. The van der Waals surface area contributed by atoms with E-state index in [1.807, 2.05) is 23.6 Å². The first-order valence-corrected chi connectivity index (χ1v) is 8.37. The monoisotopic (exact) mass is 382 g/mol. The van der Waals surface area contributed by atoms with Crippen molar-refractivity contribution in [3.05, 3.63) is 50.9 Å². The number of aromatic nitrogens is 1. The summed E-state index contributed by atoms with van der Waals surface area (Å²) in [5.74, 6) is -1.13. The van der Waals surface area contributed by atoms with Crippen molar-refractivity contribution in [2.45, 2.75) is 25.3 Å². The lowest BCUT2D eigenvalue weighted by Crippen LogP contribution is -2.30. The summed E-state index contributed by atoms with van der Waals surface area (Å²) in [4.78, 5) is 27.2. The molecule has 7 heteroatoms. The molecule has 5 nitrogen and oxygen atoms in total. The van der Waals surface area contributed by atoms with Crippen molar-refractivity contribution < 1.29 is 14.7 Å². The molecule has 0 aliphatic heterocycles. The van der Waals surface area contributed by atoms with Crippen LogP contribution in [0.4, 0.5) is 0 Å². The van der Waals surface area contributed by atoms with E-state index in [0.29, 0.717) is 6.42 Å². The third kappa shape index (κ3) is 5.23. The van der Waals surface area contributed by atoms with Gasteiger partial charge in [0.2, 0.25) is 5.91 Å². The van der Waals surface area contributed by atoms with Gasteiger partial charge in [-0.3, -0.25) is 9.59 Å². The van der Waals surface area contributed by atoms with Crippen molar-refractivity contribution in [3.63, 3.8) is 0 Å². The number of aryl methyl sites for hydroxylation is 1. The van der Waals surface area contributed by atoms with Gasteiger partial charge < -0.3 is 10.4 Å². The molecule has 1 unspecified atom stereocenters. The summed E-state index contributed by atoms with van der Waals surface area (Å²) in [6.45, 7) is 0. The van der Waals surface area contributed by atoms with Crippen LogP contribution in [-0.4, -0.2) is 22.0 Å². The van der Waals surface area contributed by atoms with E-state index < -0.39 is 12.0 Å². The number of rotatable bonds is 7. The minimum absolute atomic E-state index is 0.153. The van der Waals surface area contributed by atoms with Gasteiger partial charge in [-0.05, 0) is 17.7 Å². The predicted molar refractivity (Wildman–Crippen MR) is 87.7 cm³/mol. The number of carbonyl (C=O) groups excluding carboxylic acids is 1. The van der Waals surface area contributed by atoms with Crippen LogP contribution in [0, 0.1) is 0 Å². The summed E-state index contributed by atoms with van der Waals surface area (Å²) in [7, 11) is 0. The van der Waals surface area contributed by atoms with Gasteiger partial charge in [0.25, 0.3) is 0 Å². The zero-order valence-corrected chi connectivity index (χ0v) is 14.1. The fourth-order valence-electron chi connectivity index (χ4n) is 2.01. The number of benzene rings is 1. The highest BCUT2D eigenvalue weighted by molar-refractivity contribution is 9.10. The highest BCUT2D eigenvalue weighted by atomic mass is 79.9. The van der Waals surface area contributed by atoms with Crippen LogP contribution in [0.3, 0.4) is 0 Å². The number of thiazole rings is 1. The van der Waals surface area contributed by atoms with Gasteiger partial charge in [0, 0.05) is 28.9 Å². The predicted octanol–water partition coefficient (Wildman–Crippen LogP) is 3.17. The molecular weight excluding hydrogens is 368 g/mol. The maximum Gasteiger partial charge on any atom is 0.305 e. The summed E-state index contributed by atoms with van der Waals surface area (Å²) in [5.41, 5.74) is 0.763. The number of nitrogens with one attached hydrogen (secondary N) is 1. The van der Waals surface area contributed by atoms with E-state index >= 15 is 0 Å². The number of carboxylic acids is 1. The standard InChI is InChI=1S/C15H15BrN2O3S/c16-11-3-1-2-10(8-11)12(9-15(20)21)18-13(19)4-5-14-17-6-7-22-14/h1-3,6-8,12H,4-5,9H2,(H,18,19)(H,20,21). The quantitative estimate of drug-likeness (QED) is 0.770. The fraction of sp³-hybridized carbons (Fsp3) is 0.267. The largest absolute Gasteiger partial charge is 0.481 e. The molecule has 0 aliphatic carbocycles. The van der Waals surface area contributed by atoms with Crippen LogP contribution < -0.4 is 5.32 Å². The van der Waals surface area contributed by atoms with Gasteiger partial charge >= 0.3 is 5.97 Å². The molecule has 0 spiro atoms. The highest BCUT2D eigenvalue weighted by Crippen LogP contribution is 2.21. The molecule has 2 rings (SSSR count). The van der Waals surface area contributed by atoms with Crippen LogP contribution in [0.2, 0.25) is 0 Å². The molecule has 1 atom stereocenters. The normalized spacial score (nSPS) is 11.9. The van der Waals surface area contributed by atoms with Crippen molar-refractivity contribution in [2.75, 3.05) is 0 Å². The van der Waals surface area contributed by atoms with Gasteiger partial charge in [0.15, 0.2) is 0 Å². The smallest absolute Gasteiger partial charge is 0.305 e. The molecule has 2 N–H and O–H groups in total. The molecule has 1 aromatic heterocycles. The maximum atomic E-state index is 12.0. The number of carbonyl (C=O) groups is 2. The molecule has 1 amide bonds. The van der Waals surface area contributed by atoms with E-state index in [1.54, 1.807) is 12.3 Å². The van der Waals surface area contributed by atoms with E-state index in [4.69, 9.17) is 5.11 Å². The molecule has 0 bridgehead atoms. The van der Waals surface area contributed by atoms with E-state index in [9.17, 15) is 9.59 Å². The van der Waals surface area contributed by atoms with Gasteiger partial charge in [-0.15, -0.1) is 11.3 Å². The Kier molecular flexibility index (Phi) is 6.09. The van der Waals surface area contributed by atoms with Crippen LogP contribution in [0.25, 0.3) is 0 Å². The van der Waals surface area contributed by atoms with Crippen molar-refractivity contribution in [1.29, 1.82) is 0 Å². The molecule has 0 saturated carbocycles.